The van der Waals surface area contributed by atoms with E-state index in [9.17, 15) is 9.59 Å². The van der Waals surface area contributed by atoms with Crippen molar-refractivity contribution in [2.75, 3.05) is 4.90 Å². The molecule has 0 unspecified atom stereocenters. The average Bonchev–Trinajstić information content (AvgIpc) is 2.91. The number of anilines is 1. The van der Waals surface area contributed by atoms with Crippen molar-refractivity contribution in [2.45, 2.75) is 13.8 Å². The number of rotatable bonds is 2. The van der Waals surface area contributed by atoms with Crippen LogP contribution in [0.4, 0.5) is 5.69 Å². The van der Waals surface area contributed by atoms with Crippen molar-refractivity contribution < 1.29 is 4.79 Å². The van der Waals surface area contributed by atoms with Gasteiger partial charge >= 0.3 is 0 Å². The first-order valence-electron chi connectivity index (χ1n) is 8.40. The molecule has 4 rings (SSSR count). The van der Waals surface area contributed by atoms with Crippen molar-refractivity contribution in [1.29, 1.82) is 0 Å². The van der Waals surface area contributed by atoms with Crippen molar-refractivity contribution in [3.05, 3.63) is 73.9 Å². The minimum absolute atomic E-state index is 0.253. The number of aliphatic imine (C=N–C) groups is 1. The maximum absolute atomic E-state index is 12.9. The third kappa shape index (κ3) is 3.21. The first-order valence-corrected chi connectivity index (χ1v) is 9.16. The Morgan fingerprint density at radius 2 is 1.82 bits per heavy atom. The number of amidine groups is 1. The Labute approximate surface area is 170 Å². The second kappa shape index (κ2) is 6.89. The quantitative estimate of drug-likeness (QED) is 0.635. The van der Waals surface area contributed by atoms with E-state index >= 15 is 0 Å². The molecule has 0 bridgehead atoms. The Bertz CT molecular complexity index is 1260. The molecule has 0 radical (unpaired) electrons. The van der Waals surface area contributed by atoms with E-state index in [1.807, 2.05) is 0 Å². The molecule has 2 aromatic carbocycles. The van der Waals surface area contributed by atoms with Crippen LogP contribution in [-0.2, 0) is 4.79 Å². The number of H-pyrrole nitrogens is 1. The summed E-state index contributed by atoms with van der Waals surface area (Å²) < 4.78 is 0. The number of aromatic nitrogens is 2. The van der Waals surface area contributed by atoms with Gasteiger partial charge in [-0.05, 0) is 55.8 Å². The average molecular weight is 413 g/mol. The van der Waals surface area contributed by atoms with Crippen LogP contribution in [0.5, 0.6) is 0 Å². The van der Waals surface area contributed by atoms with E-state index in [0.29, 0.717) is 43.9 Å². The van der Waals surface area contributed by atoms with Crippen LogP contribution in [0.1, 0.15) is 18.3 Å². The summed E-state index contributed by atoms with van der Waals surface area (Å²) in [7, 11) is 0. The van der Waals surface area contributed by atoms with Gasteiger partial charge in [0.25, 0.3) is 11.5 Å². The summed E-state index contributed by atoms with van der Waals surface area (Å²) >= 11 is 12.0. The molecule has 0 saturated carbocycles. The molecule has 28 heavy (non-hydrogen) atoms. The number of carbonyl (C=O) groups is 1. The summed E-state index contributed by atoms with van der Waals surface area (Å²) in [5.74, 6) is 0.749. The highest BCUT2D eigenvalue weighted by molar-refractivity contribution is 6.42. The number of aromatic amines is 1. The van der Waals surface area contributed by atoms with Crippen molar-refractivity contribution in [3.63, 3.8) is 0 Å². The highest BCUT2D eigenvalue weighted by Gasteiger charge is 2.29. The van der Waals surface area contributed by atoms with Crippen LogP contribution in [-0.4, -0.2) is 21.7 Å². The number of benzene rings is 2. The monoisotopic (exact) mass is 412 g/mol. The maximum Gasteiger partial charge on any atom is 0.282 e. The second-order valence-corrected chi connectivity index (χ2v) is 7.17. The lowest BCUT2D eigenvalue weighted by molar-refractivity contribution is -0.113. The lowest BCUT2D eigenvalue weighted by Gasteiger charge is -2.16. The molecule has 3 aromatic rings. The number of hydrogen-bond acceptors (Lipinski definition) is 4. The Morgan fingerprint density at radius 1 is 1.04 bits per heavy atom. The zero-order valence-electron chi connectivity index (χ0n) is 15.0. The maximum atomic E-state index is 12.9. The minimum atomic E-state index is -0.292. The smallest absolute Gasteiger partial charge is 0.282 e. The van der Waals surface area contributed by atoms with Gasteiger partial charge in [-0.3, -0.25) is 14.5 Å². The van der Waals surface area contributed by atoms with Crippen molar-refractivity contribution >= 4 is 57.6 Å². The van der Waals surface area contributed by atoms with Crippen LogP contribution in [0.25, 0.3) is 17.0 Å². The SMILES string of the molecule is CC1=N/C(=C/c2ccc(Cl)c(Cl)c2)C(=O)N1c1ccc2nc(C)[nH]c(=O)c2c1. The molecule has 0 spiro atoms. The molecule has 140 valence electrons. The predicted octanol–water partition coefficient (Wildman–Crippen LogP) is 4.34. The first kappa shape index (κ1) is 18.4. The lowest BCUT2D eigenvalue weighted by atomic mass is 10.1. The van der Waals surface area contributed by atoms with Crippen LogP contribution >= 0.6 is 23.2 Å². The largest absolute Gasteiger partial charge is 0.310 e. The summed E-state index contributed by atoms with van der Waals surface area (Å²) in [6.45, 7) is 3.45. The zero-order valence-corrected chi connectivity index (χ0v) is 16.5. The van der Waals surface area contributed by atoms with E-state index in [1.54, 1.807) is 56.3 Å². The summed E-state index contributed by atoms with van der Waals surface area (Å²) in [5, 5.41) is 1.24. The first-order chi connectivity index (χ1) is 13.3. The number of hydrogen-bond donors (Lipinski definition) is 1. The van der Waals surface area contributed by atoms with Crippen molar-refractivity contribution in [1.82, 2.24) is 9.97 Å². The molecule has 1 aliphatic heterocycles. The molecule has 1 amide bonds. The van der Waals surface area contributed by atoms with Gasteiger partial charge in [-0.2, -0.15) is 0 Å². The highest BCUT2D eigenvalue weighted by Crippen LogP contribution is 2.28. The third-order valence-electron chi connectivity index (χ3n) is 4.34. The van der Waals surface area contributed by atoms with Gasteiger partial charge in [0.15, 0.2) is 0 Å². The van der Waals surface area contributed by atoms with Crippen molar-refractivity contribution in [3.8, 4) is 0 Å². The van der Waals surface area contributed by atoms with Crippen molar-refractivity contribution in [2.24, 2.45) is 4.99 Å². The normalized spacial score (nSPS) is 15.6. The Hall–Kier alpha value is -2.96. The number of nitrogens with one attached hydrogen (secondary N) is 1. The van der Waals surface area contributed by atoms with E-state index in [1.165, 1.54) is 4.90 Å². The van der Waals surface area contributed by atoms with Gasteiger partial charge in [0.2, 0.25) is 0 Å². The zero-order chi connectivity index (χ0) is 20.0. The van der Waals surface area contributed by atoms with Crippen LogP contribution < -0.4 is 10.5 Å². The summed E-state index contributed by atoms with van der Waals surface area (Å²) in [4.78, 5) is 38.0. The van der Waals surface area contributed by atoms with E-state index in [2.05, 4.69) is 15.0 Å². The molecule has 0 fully saturated rings. The highest BCUT2D eigenvalue weighted by atomic mass is 35.5. The molecule has 1 aromatic heterocycles. The third-order valence-corrected chi connectivity index (χ3v) is 5.08. The Kier molecular flexibility index (Phi) is 4.53. The molecule has 1 N–H and O–H groups in total. The van der Waals surface area contributed by atoms with E-state index < -0.39 is 0 Å². The topological polar surface area (TPSA) is 78.4 Å². The number of fused-ring (bicyclic) bond motifs is 1. The summed E-state index contributed by atoms with van der Waals surface area (Å²) in [6.07, 6.45) is 1.65. The molecule has 8 heteroatoms. The van der Waals surface area contributed by atoms with Gasteiger partial charge in [-0.15, -0.1) is 0 Å². The van der Waals surface area contributed by atoms with Crippen LogP contribution in [0.3, 0.4) is 0 Å². The lowest BCUT2D eigenvalue weighted by Crippen LogP contribution is -2.30. The molecule has 2 heterocycles. The molecule has 0 aliphatic carbocycles. The summed E-state index contributed by atoms with van der Waals surface area (Å²) in [5.41, 5.74) is 1.85. The van der Waals surface area contributed by atoms with Crippen LogP contribution in [0.2, 0.25) is 10.0 Å². The van der Waals surface area contributed by atoms with Gasteiger partial charge in [-0.25, -0.2) is 9.98 Å². The van der Waals surface area contributed by atoms with Gasteiger partial charge in [0, 0.05) is 0 Å². The number of halogens is 2. The summed E-state index contributed by atoms with van der Waals surface area (Å²) in [6, 6.07) is 10.2. The van der Waals surface area contributed by atoms with Crippen LogP contribution in [0, 0.1) is 6.92 Å². The molecular formula is C20H14Cl2N4O2. The number of nitrogens with zero attached hydrogens (tertiary/aromatic N) is 3. The molecule has 0 atom stereocenters. The Balaban J connectivity index is 1.74. The van der Waals surface area contributed by atoms with Crippen LogP contribution in [0.15, 0.2) is 51.9 Å². The standard InChI is InChI=1S/C20H14Cl2N4O2/c1-10-23-17-6-4-13(9-14(17)19(27)24-10)26-11(2)25-18(20(26)28)8-12-3-5-15(21)16(22)7-12/h3-9H,1-2H3,(H,23,24,27)/b18-8+. The number of amides is 1. The number of carbonyl (C=O) groups excluding carboxylic acids is 1. The fraction of sp³-hybridized carbons (Fsp3) is 0.100. The fourth-order valence-corrected chi connectivity index (χ4v) is 3.38. The van der Waals surface area contributed by atoms with Gasteiger partial charge in [0.1, 0.15) is 17.4 Å². The van der Waals surface area contributed by atoms with E-state index in [0.717, 1.165) is 0 Å². The fourth-order valence-electron chi connectivity index (χ4n) is 3.07. The second-order valence-electron chi connectivity index (χ2n) is 6.36. The van der Waals surface area contributed by atoms with E-state index in [-0.39, 0.29) is 17.2 Å². The predicted molar refractivity (Wildman–Crippen MR) is 112 cm³/mol. The molecule has 6 nitrogen and oxygen atoms in total. The molecule has 0 saturated heterocycles. The van der Waals surface area contributed by atoms with Gasteiger partial charge < -0.3 is 4.98 Å². The van der Waals surface area contributed by atoms with Gasteiger partial charge in [0.05, 0.1) is 26.6 Å². The number of aryl methyl sites for hydroxylation is 1. The van der Waals surface area contributed by atoms with E-state index in [4.69, 9.17) is 23.2 Å². The molecular weight excluding hydrogens is 399 g/mol. The Morgan fingerprint density at radius 3 is 2.57 bits per heavy atom. The molecule has 1 aliphatic rings. The van der Waals surface area contributed by atoms with Gasteiger partial charge in [-0.1, -0.05) is 29.3 Å². The minimum Gasteiger partial charge on any atom is -0.310 e.